The molecule has 0 fully saturated rings. The molecule has 0 aliphatic heterocycles. The van der Waals surface area contributed by atoms with Crippen molar-refractivity contribution in [2.75, 3.05) is 0 Å². The van der Waals surface area contributed by atoms with Crippen LogP contribution in [0.4, 0.5) is 0 Å². The Kier molecular flexibility index (Phi) is 14.1. The summed E-state index contributed by atoms with van der Waals surface area (Å²) < 4.78 is 6.71. The number of nitrogens with zero attached hydrogens (tertiary/aromatic N) is 1. The van der Waals surface area contributed by atoms with Gasteiger partial charge in [0.25, 0.3) is 0 Å². The van der Waals surface area contributed by atoms with Gasteiger partial charge in [0.15, 0.2) is 5.78 Å². The van der Waals surface area contributed by atoms with E-state index in [0.29, 0.717) is 0 Å². The first-order valence-electron chi connectivity index (χ1n) is 20.0. The number of pyridine rings is 1. The van der Waals surface area contributed by atoms with Gasteiger partial charge >= 0.3 is 0 Å². The Labute approximate surface area is 341 Å². The Morgan fingerprint density at radius 1 is 0.800 bits per heavy atom. The Balaban J connectivity index is 0.000000311. The third kappa shape index (κ3) is 9.74. The number of fused-ring (bicyclic) bond motifs is 2. The van der Waals surface area contributed by atoms with Crippen LogP contribution in [0, 0.1) is 17.9 Å². The number of carbonyl (C=O) groups is 1. The third-order valence-electron chi connectivity index (χ3n) is 11.2. The molecule has 2 aromatic heterocycles. The monoisotopic (exact) mass is 911 g/mol. The molecule has 4 aromatic carbocycles. The molecule has 0 saturated heterocycles. The molecule has 0 spiro atoms. The Morgan fingerprint density at radius 2 is 1.42 bits per heavy atom. The van der Waals surface area contributed by atoms with E-state index in [2.05, 4.69) is 112 Å². The number of aliphatic hydroxyl groups is 1. The van der Waals surface area contributed by atoms with E-state index in [9.17, 15) is 9.90 Å². The fourth-order valence-corrected chi connectivity index (χ4v) is 7.71. The minimum atomic E-state index is -0.0102. The van der Waals surface area contributed by atoms with Gasteiger partial charge in [0.1, 0.15) is 11.3 Å². The number of rotatable bonds is 9. The molecule has 0 unspecified atom stereocenters. The first-order valence-corrected chi connectivity index (χ1v) is 20.0. The van der Waals surface area contributed by atoms with Crippen molar-refractivity contribution in [1.29, 1.82) is 0 Å². The molecule has 6 aromatic rings. The van der Waals surface area contributed by atoms with Crippen LogP contribution in [0.25, 0.3) is 44.3 Å². The van der Waals surface area contributed by atoms with Crippen LogP contribution in [0.5, 0.6) is 0 Å². The van der Waals surface area contributed by atoms with E-state index in [1.807, 2.05) is 33.9 Å². The third-order valence-corrected chi connectivity index (χ3v) is 11.2. The standard InChI is InChI=1S/C37H32NO.C13H24O2.Ir/c1-37(2,3)33-22-30(21-28-6-4-5-7-31(28)33)35-36-29(18-19-38-35)23-34(39-36)32-20-26-13-12-24-8-10-25(11-9-24)14-16-27(32)17-15-26;1-5-10(6-2)12(14)9-13(15)11(7-3)8-4;/h4-11,15,17-20,22-23H,12-14,16H2,1-3H3;9-11,14H,5-8H2,1-4H3;/q-1;;/b;12-9-;. The minimum Gasteiger partial charge on any atom is -0.512 e. The molecule has 2 heterocycles. The molecular formula is C50H56IrNO3-. The minimum absolute atomic E-state index is 0. The van der Waals surface area contributed by atoms with Gasteiger partial charge in [-0.3, -0.25) is 9.78 Å². The largest absolute Gasteiger partial charge is 0.512 e. The SMILES string of the molecule is CC(C)(C)c1cc(-c2nccc3cc(-c4cc5ccc4CCc4ccc(cc4)CC5)oc23)[c-]c2ccccc12.CCC(CC)C(=O)/C=C(\O)C(CC)CC.[Ir]. The zero-order chi connectivity index (χ0) is 38.4. The molecular weight excluding hydrogens is 855 g/mol. The fourth-order valence-electron chi connectivity index (χ4n) is 7.71. The van der Waals surface area contributed by atoms with Gasteiger partial charge in [0.2, 0.25) is 0 Å². The van der Waals surface area contributed by atoms with Crippen LogP contribution in [0.15, 0.2) is 107 Å². The first kappa shape index (κ1) is 41.8. The number of allylic oxidation sites excluding steroid dienone is 2. The van der Waals surface area contributed by atoms with E-state index >= 15 is 0 Å². The maximum absolute atomic E-state index is 11.7. The van der Waals surface area contributed by atoms with Crippen LogP contribution in [0.1, 0.15) is 102 Å². The number of aryl methyl sites for hydroxylation is 4. The number of carbonyl (C=O) groups excluding carboxylic acids is 1. The van der Waals surface area contributed by atoms with Crippen LogP contribution in [0.3, 0.4) is 0 Å². The number of aliphatic hydroxyl groups excluding tert-OH is 1. The first-order chi connectivity index (χ1) is 26.0. The predicted octanol–water partition coefficient (Wildman–Crippen LogP) is 13.2. The second-order valence-electron chi connectivity index (χ2n) is 15.9. The van der Waals surface area contributed by atoms with Crippen molar-refractivity contribution in [1.82, 2.24) is 4.98 Å². The second kappa shape index (κ2) is 18.5. The fraction of sp³-hybridized carbons (Fsp3) is 0.360. The molecule has 10 rings (SSSR count). The summed E-state index contributed by atoms with van der Waals surface area (Å²) in [4.78, 5) is 16.5. The van der Waals surface area contributed by atoms with Crippen molar-refractivity contribution in [3.63, 3.8) is 0 Å². The van der Waals surface area contributed by atoms with Crippen molar-refractivity contribution in [3.8, 4) is 22.6 Å². The zero-order valence-corrected chi connectivity index (χ0v) is 36.0. The number of hydrogen-bond donors (Lipinski definition) is 1. The maximum atomic E-state index is 11.7. The Morgan fingerprint density at radius 3 is 2.07 bits per heavy atom. The van der Waals surface area contributed by atoms with Crippen LogP contribution >= 0.6 is 0 Å². The number of furan rings is 1. The summed E-state index contributed by atoms with van der Waals surface area (Å²) in [6.07, 6.45) is 10.8. The summed E-state index contributed by atoms with van der Waals surface area (Å²) in [6.45, 7) is 14.9. The van der Waals surface area contributed by atoms with Crippen molar-refractivity contribution in [2.45, 2.75) is 105 Å². The maximum Gasteiger partial charge on any atom is 0.162 e. The number of benzene rings is 4. The molecule has 5 heteroatoms. The van der Waals surface area contributed by atoms with Crippen molar-refractivity contribution in [2.24, 2.45) is 11.8 Å². The van der Waals surface area contributed by atoms with Gasteiger partial charge in [-0.15, -0.1) is 29.1 Å². The van der Waals surface area contributed by atoms with Gasteiger partial charge in [-0.25, -0.2) is 0 Å². The van der Waals surface area contributed by atoms with Gasteiger partial charge < -0.3 is 9.52 Å². The molecule has 0 amide bonds. The average molecular weight is 911 g/mol. The smallest absolute Gasteiger partial charge is 0.162 e. The Bertz CT molecular complexity index is 2250. The van der Waals surface area contributed by atoms with Crippen LogP contribution in [0.2, 0.25) is 0 Å². The summed E-state index contributed by atoms with van der Waals surface area (Å²) in [5.41, 5.74) is 10.6. The summed E-state index contributed by atoms with van der Waals surface area (Å²) >= 11 is 0. The van der Waals surface area contributed by atoms with Gasteiger partial charge in [-0.2, -0.15) is 0 Å². The van der Waals surface area contributed by atoms with Gasteiger partial charge in [0.05, 0.1) is 5.76 Å². The van der Waals surface area contributed by atoms with Gasteiger partial charge in [-0.1, -0.05) is 114 Å². The molecule has 55 heavy (non-hydrogen) atoms. The number of ketones is 1. The average Bonchev–Trinajstić information content (AvgIpc) is 3.61. The summed E-state index contributed by atoms with van der Waals surface area (Å²) in [5, 5.41) is 13.2. The summed E-state index contributed by atoms with van der Waals surface area (Å²) in [5.74, 6) is 1.46. The van der Waals surface area contributed by atoms with Crippen molar-refractivity contribution in [3.05, 3.63) is 137 Å². The van der Waals surface area contributed by atoms with E-state index in [0.717, 1.165) is 84.7 Å². The molecule has 4 aliphatic rings. The second-order valence-corrected chi connectivity index (χ2v) is 15.9. The number of hydrogen-bond acceptors (Lipinski definition) is 4. The number of aromatic nitrogens is 1. The van der Waals surface area contributed by atoms with Crippen LogP contribution in [-0.2, 0) is 56.0 Å². The van der Waals surface area contributed by atoms with Crippen molar-refractivity contribution < 1.29 is 34.4 Å². The molecule has 4 nitrogen and oxygen atoms in total. The zero-order valence-electron chi connectivity index (χ0n) is 33.6. The molecule has 4 bridgehead atoms. The molecule has 0 atom stereocenters. The molecule has 1 N–H and O–H groups in total. The molecule has 289 valence electrons. The molecule has 4 aliphatic carbocycles. The van der Waals surface area contributed by atoms with E-state index < -0.39 is 0 Å². The Hall–Kier alpha value is -4.31. The normalized spacial score (nSPS) is 13.1. The van der Waals surface area contributed by atoms with E-state index in [1.54, 1.807) is 0 Å². The summed E-state index contributed by atoms with van der Waals surface area (Å²) in [6, 6.07) is 34.7. The van der Waals surface area contributed by atoms with Crippen LogP contribution < -0.4 is 0 Å². The topological polar surface area (TPSA) is 63.3 Å². The van der Waals surface area contributed by atoms with E-state index in [1.165, 1.54) is 44.8 Å². The molecule has 1 radical (unpaired) electrons. The quantitative estimate of drug-likeness (QED) is 0.0892. The van der Waals surface area contributed by atoms with Gasteiger partial charge in [-0.05, 0) is 97.2 Å². The van der Waals surface area contributed by atoms with Gasteiger partial charge in [0, 0.05) is 60.9 Å². The van der Waals surface area contributed by atoms with E-state index in [4.69, 9.17) is 9.40 Å². The van der Waals surface area contributed by atoms with Crippen LogP contribution in [-0.4, -0.2) is 15.9 Å². The summed E-state index contributed by atoms with van der Waals surface area (Å²) in [7, 11) is 0. The van der Waals surface area contributed by atoms with E-state index in [-0.39, 0.29) is 48.9 Å². The predicted molar refractivity (Wildman–Crippen MR) is 225 cm³/mol. The van der Waals surface area contributed by atoms with Crippen molar-refractivity contribution >= 4 is 27.5 Å². The molecule has 0 saturated carbocycles.